The number of carbonyl (C=O) groups is 2. The van der Waals surface area contributed by atoms with Crippen molar-refractivity contribution in [1.29, 1.82) is 0 Å². The summed E-state index contributed by atoms with van der Waals surface area (Å²) in [6, 6.07) is 3.18. The highest BCUT2D eigenvalue weighted by molar-refractivity contribution is 9.10. The summed E-state index contributed by atoms with van der Waals surface area (Å²) in [4.78, 5) is 23.0. The van der Waals surface area contributed by atoms with Crippen molar-refractivity contribution in [3.63, 3.8) is 0 Å². The van der Waals surface area contributed by atoms with E-state index in [1.807, 2.05) is 0 Å². The lowest BCUT2D eigenvalue weighted by Gasteiger charge is -2.14. The molecule has 0 aliphatic rings. The molecule has 0 saturated heterocycles. The van der Waals surface area contributed by atoms with Gasteiger partial charge in [-0.05, 0) is 40.9 Å². The Labute approximate surface area is 124 Å². The van der Waals surface area contributed by atoms with Gasteiger partial charge >= 0.3 is 5.97 Å². The molecule has 0 aliphatic carbocycles. The van der Waals surface area contributed by atoms with Gasteiger partial charge in [0, 0.05) is 13.7 Å². The molecule has 0 heterocycles. The van der Waals surface area contributed by atoms with Crippen LogP contribution in [-0.2, 0) is 9.53 Å². The average molecular weight is 348 g/mol. The highest BCUT2D eigenvalue weighted by atomic mass is 79.9. The van der Waals surface area contributed by atoms with Crippen LogP contribution in [0.5, 0.6) is 0 Å². The van der Waals surface area contributed by atoms with Crippen molar-refractivity contribution in [1.82, 2.24) is 5.32 Å². The molecule has 1 aromatic carbocycles. The van der Waals surface area contributed by atoms with Gasteiger partial charge in [0.2, 0.25) is 0 Å². The van der Waals surface area contributed by atoms with Crippen LogP contribution in [0.25, 0.3) is 0 Å². The third kappa shape index (κ3) is 4.57. The number of nitrogens with one attached hydrogen (secondary N) is 1. The Hall–Kier alpha value is -1.47. The van der Waals surface area contributed by atoms with E-state index in [0.717, 1.165) is 0 Å². The number of hydrogen-bond donors (Lipinski definition) is 2. The first-order valence-electron chi connectivity index (χ1n) is 5.94. The molecule has 0 saturated carbocycles. The van der Waals surface area contributed by atoms with Gasteiger partial charge in [-0.25, -0.2) is 9.18 Å². The zero-order valence-electron chi connectivity index (χ0n) is 10.9. The lowest BCUT2D eigenvalue weighted by atomic mass is 10.1. The summed E-state index contributed by atoms with van der Waals surface area (Å²) in [5.74, 6) is -2.63. The number of carboxylic acid groups (broad SMARTS) is 1. The third-order valence-corrected chi connectivity index (χ3v) is 3.25. The second-order valence-corrected chi connectivity index (χ2v) is 4.96. The van der Waals surface area contributed by atoms with Crippen LogP contribution in [-0.4, -0.2) is 36.7 Å². The average Bonchev–Trinajstić information content (AvgIpc) is 2.40. The second kappa shape index (κ2) is 7.96. The Balaban J connectivity index is 2.75. The second-order valence-electron chi connectivity index (χ2n) is 4.10. The first-order chi connectivity index (χ1) is 9.47. The van der Waals surface area contributed by atoms with Gasteiger partial charge < -0.3 is 15.2 Å². The molecule has 0 radical (unpaired) electrons. The highest BCUT2D eigenvalue weighted by Gasteiger charge is 2.22. The Morgan fingerprint density at radius 1 is 1.50 bits per heavy atom. The van der Waals surface area contributed by atoms with Crippen molar-refractivity contribution in [2.75, 3.05) is 13.7 Å². The van der Waals surface area contributed by atoms with E-state index in [0.29, 0.717) is 13.0 Å². The number of halogens is 2. The van der Waals surface area contributed by atoms with E-state index in [1.165, 1.54) is 25.3 Å². The molecule has 1 atom stereocenters. The largest absolute Gasteiger partial charge is 0.480 e. The first kappa shape index (κ1) is 16.6. The van der Waals surface area contributed by atoms with E-state index < -0.39 is 23.7 Å². The van der Waals surface area contributed by atoms with Crippen molar-refractivity contribution >= 4 is 27.8 Å². The number of carboxylic acids is 1. The molecule has 20 heavy (non-hydrogen) atoms. The summed E-state index contributed by atoms with van der Waals surface area (Å²) in [7, 11) is 1.51. The maximum Gasteiger partial charge on any atom is 0.326 e. The number of ether oxygens (including phenoxy) is 1. The number of benzene rings is 1. The summed E-state index contributed by atoms with van der Waals surface area (Å²) >= 11 is 2.97. The maximum absolute atomic E-state index is 13.7. The summed E-state index contributed by atoms with van der Waals surface area (Å²) in [5.41, 5.74) is -0.197. The molecule has 0 aromatic heterocycles. The van der Waals surface area contributed by atoms with Crippen LogP contribution in [0.2, 0.25) is 0 Å². The van der Waals surface area contributed by atoms with Crippen LogP contribution < -0.4 is 5.32 Å². The minimum Gasteiger partial charge on any atom is -0.480 e. The van der Waals surface area contributed by atoms with Crippen LogP contribution in [0.3, 0.4) is 0 Å². The molecule has 2 N–H and O–H groups in total. The fraction of sp³-hybridized carbons (Fsp3) is 0.385. The molecule has 7 heteroatoms. The van der Waals surface area contributed by atoms with Gasteiger partial charge in [-0.15, -0.1) is 0 Å². The van der Waals surface area contributed by atoms with Gasteiger partial charge in [-0.2, -0.15) is 0 Å². The molecule has 1 aromatic rings. The first-order valence-corrected chi connectivity index (χ1v) is 6.73. The molecule has 0 fully saturated rings. The van der Waals surface area contributed by atoms with Crippen LogP contribution >= 0.6 is 15.9 Å². The van der Waals surface area contributed by atoms with Gasteiger partial charge in [-0.3, -0.25) is 4.79 Å². The number of aliphatic carboxylic acids is 1. The highest BCUT2D eigenvalue weighted by Crippen LogP contribution is 2.18. The van der Waals surface area contributed by atoms with Gasteiger partial charge in [0.15, 0.2) is 0 Å². The Morgan fingerprint density at radius 3 is 2.80 bits per heavy atom. The van der Waals surface area contributed by atoms with Gasteiger partial charge in [0.1, 0.15) is 11.9 Å². The number of hydrogen-bond acceptors (Lipinski definition) is 3. The summed E-state index contributed by atoms with van der Waals surface area (Å²) < 4.78 is 18.7. The Morgan fingerprint density at radius 2 is 2.20 bits per heavy atom. The lowest BCUT2D eigenvalue weighted by Crippen LogP contribution is -2.41. The predicted octanol–water partition coefficient (Wildman–Crippen LogP) is 2.20. The smallest absolute Gasteiger partial charge is 0.326 e. The molecule has 5 nitrogen and oxygen atoms in total. The molecule has 0 spiro atoms. The fourth-order valence-electron chi connectivity index (χ4n) is 1.60. The third-order valence-electron chi connectivity index (χ3n) is 2.64. The van der Waals surface area contributed by atoms with Gasteiger partial charge in [-0.1, -0.05) is 6.07 Å². The number of rotatable bonds is 7. The van der Waals surface area contributed by atoms with E-state index in [2.05, 4.69) is 21.2 Å². The minimum atomic E-state index is -1.16. The van der Waals surface area contributed by atoms with E-state index in [-0.39, 0.29) is 16.5 Å². The van der Waals surface area contributed by atoms with Crippen LogP contribution in [0, 0.1) is 5.82 Å². The number of methoxy groups -OCH3 is 1. The van der Waals surface area contributed by atoms with Crippen LogP contribution in [0.1, 0.15) is 23.2 Å². The topological polar surface area (TPSA) is 75.6 Å². The predicted molar refractivity (Wildman–Crippen MR) is 74.1 cm³/mol. The SMILES string of the molecule is COCCCC(NC(=O)c1cccc(Br)c1F)C(=O)O. The zero-order chi connectivity index (χ0) is 15.1. The number of carbonyl (C=O) groups excluding carboxylic acids is 1. The Bertz CT molecular complexity index is 495. The van der Waals surface area contributed by atoms with E-state index in [4.69, 9.17) is 9.84 Å². The van der Waals surface area contributed by atoms with E-state index in [1.54, 1.807) is 0 Å². The molecule has 1 rings (SSSR count). The van der Waals surface area contributed by atoms with Gasteiger partial charge in [0.05, 0.1) is 10.0 Å². The minimum absolute atomic E-state index is 0.149. The number of amides is 1. The van der Waals surface area contributed by atoms with E-state index >= 15 is 0 Å². The summed E-state index contributed by atoms with van der Waals surface area (Å²) in [6.07, 6.45) is 0.694. The molecule has 110 valence electrons. The van der Waals surface area contributed by atoms with Crippen molar-refractivity contribution in [3.05, 3.63) is 34.1 Å². The fourth-order valence-corrected chi connectivity index (χ4v) is 1.97. The Kier molecular flexibility index (Phi) is 6.60. The summed E-state index contributed by atoms with van der Waals surface area (Å²) in [5, 5.41) is 11.3. The normalized spacial score (nSPS) is 11.9. The lowest BCUT2D eigenvalue weighted by molar-refractivity contribution is -0.139. The van der Waals surface area contributed by atoms with E-state index in [9.17, 15) is 14.0 Å². The van der Waals surface area contributed by atoms with Crippen LogP contribution in [0.15, 0.2) is 22.7 Å². The van der Waals surface area contributed by atoms with Crippen molar-refractivity contribution in [3.8, 4) is 0 Å². The molecule has 1 unspecified atom stereocenters. The van der Waals surface area contributed by atoms with Crippen molar-refractivity contribution in [2.24, 2.45) is 0 Å². The van der Waals surface area contributed by atoms with Crippen molar-refractivity contribution in [2.45, 2.75) is 18.9 Å². The quantitative estimate of drug-likeness (QED) is 0.741. The summed E-state index contributed by atoms with van der Waals surface area (Å²) in [6.45, 7) is 0.394. The maximum atomic E-state index is 13.7. The molecule has 0 aliphatic heterocycles. The van der Waals surface area contributed by atoms with Crippen LogP contribution in [0.4, 0.5) is 4.39 Å². The zero-order valence-corrected chi connectivity index (χ0v) is 12.4. The molecular weight excluding hydrogens is 333 g/mol. The van der Waals surface area contributed by atoms with Crippen molar-refractivity contribution < 1.29 is 23.8 Å². The molecular formula is C13H15BrFNO4. The molecule has 0 bridgehead atoms. The van der Waals surface area contributed by atoms with Gasteiger partial charge in [0.25, 0.3) is 5.91 Å². The standard InChI is InChI=1S/C13H15BrFNO4/c1-20-7-3-6-10(13(18)19)16-12(17)8-4-2-5-9(14)11(8)15/h2,4-5,10H,3,6-7H2,1H3,(H,16,17)(H,18,19). The monoisotopic (exact) mass is 347 g/mol. The molecule has 1 amide bonds.